The SMILES string of the molecule is CCC(=O)Nc1ccc(S(=O)(=O)NCCNCCOC)cc1. The van der Waals surface area contributed by atoms with Crippen LogP contribution in [0, 0.1) is 0 Å². The molecule has 7 nitrogen and oxygen atoms in total. The van der Waals surface area contributed by atoms with E-state index >= 15 is 0 Å². The lowest BCUT2D eigenvalue weighted by Crippen LogP contribution is -2.33. The molecule has 0 aromatic heterocycles. The van der Waals surface area contributed by atoms with Crippen LogP contribution in [0.1, 0.15) is 13.3 Å². The maximum Gasteiger partial charge on any atom is 0.240 e. The lowest BCUT2D eigenvalue weighted by molar-refractivity contribution is -0.115. The molecule has 0 aliphatic carbocycles. The minimum Gasteiger partial charge on any atom is -0.383 e. The molecule has 1 rings (SSSR count). The molecule has 3 N–H and O–H groups in total. The van der Waals surface area contributed by atoms with Crippen molar-refractivity contribution < 1.29 is 17.9 Å². The van der Waals surface area contributed by atoms with Crippen LogP contribution in [0.3, 0.4) is 0 Å². The van der Waals surface area contributed by atoms with Gasteiger partial charge in [-0.25, -0.2) is 13.1 Å². The third kappa shape index (κ3) is 6.52. The van der Waals surface area contributed by atoms with Crippen LogP contribution in [-0.2, 0) is 19.6 Å². The summed E-state index contributed by atoms with van der Waals surface area (Å²) < 4.78 is 31.5. The van der Waals surface area contributed by atoms with Gasteiger partial charge in [-0.2, -0.15) is 0 Å². The molecule has 0 atom stereocenters. The first-order chi connectivity index (χ1) is 10.5. The molecule has 22 heavy (non-hydrogen) atoms. The number of nitrogens with one attached hydrogen (secondary N) is 3. The number of carbonyl (C=O) groups is 1. The first kappa shape index (κ1) is 18.6. The van der Waals surface area contributed by atoms with Gasteiger partial charge < -0.3 is 15.4 Å². The van der Waals surface area contributed by atoms with Crippen LogP contribution in [0.15, 0.2) is 29.2 Å². The number of carbonyl (C=O) groups excluding carboxylic acids is 1. The quantitative estimate of drug-likeness (QED) is 0.545. The maximum absolute atomic E-state index is 12.1. The van der Waals surface area contributed by atoms with Gasteiger partial charge in [0.1, 0.15) is 0 Å². The van der Waals surface area contributed by atoms with Crippen molar-refractivity contribution >= 4 is 21.6 Å². The number of hydrogen-bond acceptors (Lipinski definition) is 5. The fraction of sp³-hybridized carbons (Fsp3) is 0.500. The first-order valence-corrected chi connectivity index (χ1v) is 8.57. The minimum atomic E-state index is -3.54. The molecule has 0 spiro atoms. The molecule has 0 saturated heterocycles. The second-order valence-corrected chi connectivity index (χ2v) is 6.33. The Morgan fingerprint density at radius 1 is 1.14 bits per heavy atom. The molecule has 0 heterocycles. The van der Waals surface area contributed by atoms with Crippen molar-refractivity contribution in [2.75, 3.05) is 38.7 Å². The number of anilines is 1. The van der Waals surface area contributed by atoms with Crippen LogP contribution < -0.4 is 15.4 Å². The molecule has 0 saturated carbocycles. The molecule has 0 radical (unpaired) electrons. The zero-order chi connectivity index (χ0) is 16.4. The summed E-state index contributed by atoms with van der Waals surface area (Å²) in [5, 5.41) is 5.71. The van der Waals surface area contributed by atoms with Crippen molar-refractivity contribution in [2.45, 2.75) is 18.2 Å². The van der Waals surface area contributed by atoms with Gasteiger partial charge in [0, 0.05) is 38.9 Å². The Morgan fingerprint density at radius 2 is 1.82 bits per heavy atom. The van der Waals surface area contributed by atoms with Gasteiger partial charge in [-0.05, 0) is 24.3 Å². The van der Waals surface area contributed by atoms with Crippen molar-refractivity contribution in [1.29, 1.82) is 0 Å². The van der Waals surface area contributed by atoms with Gasteiger partial charge in [-0.3, -0.25) is 4.79 Å². The van der Waals surface area contributed by atoms with Crippen molar-refractivity contribution in [3.05, 3.63) is 24.3 Å². The first-order valence-electron chi connectivity index (χ1n) is 7.09. The summed E-state index contributed by atoms with van der Waals surface area (Å²) in [6.07, 6.45) is 0.373. The Bertz CT molecular complexity index is 558. The molecular weight excluding hydrogens is 306 g/mol. The Kier molecular flexibility index (Phi) is 8.03. The second-order valence-electron chi connectivity index (χ2n) is 4.57. The number of benzene rings is 1. The summed E-state index contributed by atoms with van der Waals surface area (Å²) in [7, 11) is -1.93. The van der Waals surface area contributed by atoms with E-state index < -0.39 is 10.0 Å². The molecule has 0 aliphatic rings. The largest absolute Gasteiger partial charge is 0.383 e. The van der Waals surface area contributed by atoms with E-state index in [1.165, 1.54) is 12.1 Å². The fourth-order valence-corrected chi connectivity index (χ4v) is 2.65. The van der Waals surface area contributed by atoms with Gasteiger partial charge in [-0.15, -0.1) is 0 Å². The van der Waals surface area contributed by atoms with Crippen molar-refractivity contribution in [1.82, 2.24) is 10.0 Å². The van der Waals surface area contributed by atoms with Gasteiger partial charge in [0.25, 0.3) is 0 Å². The average molecular weight is 329 g/mol. The van der Waals surface area contributed by atoms with Crippen molar-refractivity contribution in [3.8, 4) is 0 Å². The molecule has 0 aliphatic heterocycles. The van der Waals surface area contributed by atoms with E-state index in [0.717, 1.165) is 0 Å². The number of rotatable bonds is 10. The van der Waals surface area contributed by atoms with E-state index in [4.69, 9.17) is 4.74 Å². The van der Waals surface area contributed by atoms with Gasteiger partial charge in [0.15, 0.2) is 0 Å². The highest BCUT2D eigenvalue weighted by atomic mass is 32.2. The van der Waals surface area contributed by atoms with E-state index in [9.17, 15) is 13.2 Å². The van der Waals surface area contributed by atoms with E-state index in [1.807, 2.05) is 0 Å². The third-order valence-electron chi connectivity index (χ3n) is 2.85. The maximum atomic E-state index is 12.1. The van der Waals surface area contributed by atoms with Crippen molar-refractivity contribution in [3.63, 3.8) is 0 Å². The molecule has 1 amide bonds. The van der Waals surface area contributed by atoms with Crippen LogP contribution in [0.4, 0.5) is 5.69 Å². The Balaban J connectivity index is 2.49. The number of methoxy groups -OCH3 is 1. The lowest BCUT2D eigenvalue weighted by atomic mass is 10.3. The van der Waals surface area contributed by atoms with Crippen molar-refractivity contribution in [2.24, 2.45) is 0 Å². The zero-order valence-electron chi connectivity index (χ0n) is 12.9. The highest BCUT2D eigenvalue weighted by molar-refractivity contribution is 7.89. The summed E-state index contributed by atoms with van der Waals surface area (Å²) in [4.78, 5) is 11.4. The lowest BCUT2D eigenvalue weighted by Gasteiger charge is -2.09. The Labute approximate surface area is 131 Å². The summed E-state index contributed by atoms with van der Waals surface area (Å²) in [6, 6.07) is 6.07. The van der Waals surface area contributed by atoms with E-state index in [2.05, 4.69) is 15.4 Å². The monoisotopic (exact) mass is 329 g/mol. The second kappa shape index (κ2) is 9.52. The number of ether oxygens (including phenoxy) is 1. The molecule has 0 fully saturated rings. The summed E-state index contributed by atoms with van der Waals surface area (Å²) in [5.41, 5.74) is 0.576. The normalized spacial score (nSPS) is 11.4. The molecule has 1 aromatic carbocycles. The van der Waals surface area contributed by atoms with Gasteiger partial charge in [-0.1, -0.05) is 6.92 Å². The summed E-state index contributed by atoms with van der Waals surface area (Å²) in [6.45, 7) is 3.81. The summed E-state index contributed by atoms with van der Waals surface area (Å²) >= 11 is 0. The molecular formula is C14H23N3O4S. The zero-order valence-corrected chi connectivity index (χ0v) is 13.7. The molecule has 0 bridgehead atoms. The van der Waals surface area contributed by atoms with Gasteiger partial charge >= 0.3 is 0 Å². The Hall–Kier alpha value is -1.48. The predicted molar refractivity (Wildman–Crippen MR) is 85.3 cm³/mol. The highest BCUT2D eigenvalue weighted by Crippen LogP contribution is 2.13. The molecule has 124 valence electrons. The third-order valence-corrected chi connectivity index (χ3v) is 4.32. The Morgan fingerprint density at radius 3 is 2.41 bits per heavy atom. The average Bonchev–Trinajstić information content (AvgIpc) is 2.51. The standard InChI is InChI=1S/C14H23N3O4S/c1-3-14(18)17-12-4-6-13(7-5-12)22(19,20)16-9-8-15-10-11-21-2/h4-7,15-16H,3,8-11H2,1-2H3,(H,17,18). The summed E-state index contributed by atoms with van der Waals surface area (Å²) in [5.74, 6) is -0.115. The molecule has 0 unspecified atom stereocenters. The minimum absolute atomic E-state index is 0.115. The fourth-order valence-electron chi connectivity index (χ4n) is 1.62. The van der Waals surface area contributed by atoms with Gasteiger partial charge in [0.2, 0.25) is 15.9 Å². The van der Waals surface area contributed by atoms with Crippen LogP contribution in [-0.4, -0.2) is 47.7 Å². The van der Waals surface area contributed by atoms with E-state index in [-0.39, 0.29) is 10.8 Å². The molecule has 1 aromatic rings. The van der Waals surface area contributed by atoms with Crippen LogP contribution in [0.2, 0.25) is 0 Å². The number of sulfonamides is 1. The van der Waals surface area contributed by atoms with Crippen LogP contribution in [0.5, 0.6) is 0 Å². The van der Waals surface area contributed by atoms with Gasteiger partial charge in [0.05, 0.1) is 11.5 Å². The van der Waals surface area contributed by atoms with Crippen LogP contribution in [0.25, 0.3) is 0 Å². The van der Waals surface area contributed by atoms with Crippen LogP contribution >= 0.6 is 0 Å². The van der Waals surface area contributed by atoms with E-state index in [0.29, 0.717) is 38.3 Å². The highest BCUT2D eigenvalue weighted by Gasteiger charge is 2.13. The molecule has 8 heteroatoms. The topological polar surface area (TPSA) is 96.5 Å². The van der Waals surface area contributed by atoms with E-state index in [1.54, 1.807) is 26.2 Å². The predicted octanol–water partition coefficient (Wildman–Crippen LogP) is 0.549. The number of amides is 1. The number of hydrogen-bond donors (Lipinski definition) is 3. The smallest absolute Gasteiger partial charge is 0.240 e.